The number of nitrogens with one attached hydrogen (secondary N) is 1. The van der Waals surface area contributed by atoms with E-state index in [1.165, 1.54) is 0 Å². The lowest BCUT2D eigenvalue weighted by atomic mass is 9.98. The van der Waals surface area contributed by atoms with Gasteiger partial charge in [0, 0.05) is 11.6 Å². The Morgan fingerprint density at radius 3 is 2.71 bits per heavy atom. The number of ether oxygens (including phenoxy) is 1. The molecule has 0 saturated carbocycles. The van der Waals surface area contributed by atoms with Crippen LogP contribution in [0.3, 0.4) is 0 Å². The van der Waals surface area contributed by atoms with E-state index in [9.17, 15) is 9.90 Å². The van der Waals surface area contributed by atoms with Crippen molar-refractivity contribution < 1.29 is 14.6 Å². The van der Waals surface area contributed by atoms with Gasteiger partial charge < -0.3 is 14.8 Å². The zero-order valence-corrected chi connectivity index (χ0v) is 11.6. The molecular formula is C17H15NO3. The predicted molar refractivity (Wildman–Crippen MR) is 81.4 cm³/mol. The summed E-state index contributed by atoms with van der Waals surface area (Å²) in [5.74, 6) is -0.600. The highest BCUT2D eigenvalue weighted by Gasteiger charge is 2.19. The lowest BCUT2D eigenvalue weighted by molar-refractivity contribution is 0.0523. The van der Waals surface area contributed by atoms with Crippen LogP contribution in [-0.2, 0) is 4.74 Å². The van der Waals surface area contributed by atoms with Gasteiger partial charge in [0.2, 0.25) is 0 Å². The first-order chi connectivity index (χ1) is 10.2. The van der Waals surface area contributed by atoms with Gasteiger partial charge in [0.15, 0.2) is 5.75 Å². The number of H-pyrrole nitrogens is 1. The summed E-state index contributed by atoms with van der Waals surface area (Å²) < 4.78 is 5.01. The molecule has 4 heteroatoms. The maximum Gasteiger partial charge on any atom is 0.342 e. The van der Waals surface area contributed by atoms with Gasteiger partial charge in [0.05, 0.1) is 12.1 Å². The number of aromatic amines is 1. The molecule has 0 spiro atoms. The molecule has 0 amide bonds. The van der Waals surface area contributed by atoms with Crippen molar-refractivity contribution in [2.45, 2.75) is 6.92 Å². The molecule has 3 aromatic rings. The second-order valence-electron chi connectivity index (χ2n) is 4.67. The van der Waals surface area contributed by atoms with E-state index in [0.29, 0.717) is 5.52 Å². The quantitative estimate of drug-likeness (QED) is 0.719. The summed E-state index contributed by atoms with van der Waals surface area (Å²) in [7, 11) is 0. The minimum Gasteiger partial charge on any atom is -0.505 e. The van der Waals surface area contributed by atoms with E-state index in [1.807, 2.05) is 36.4 Å². The number of hydrogen-bond donors (Lipinski definition) is 2. The van der Waals surface area contributed by atoms with Gasteiger partial charge in [-0.05, 0) is 30.2 Å². The van der Waals surface area contributed by atoms with Gasteiger partial charge in [-0.15, -0.1) is 0 Å². The molecule has 0 saturated heterocycles. The summed E-state index contributed by atoms with van der Waals surface area (Å²) in [5.41, 5.74) is 2.57. The molecule has 1 aromatic heterocycles. The second kappa shape index (κ2) is 5.32. The first kappa shape index (κ1) is 13.2. The number of carbonyl (C=O) groups is 1. The van der Waals surface area contributed by atoms with E-state index in [-0.39, 0.29) is 17.9 Å². The van der Waals surface area contributed by atoms with Crippen LogP contribution < -0.4 is 0 Å². The van der Waals surface area contributed by atoms with Gasteiger partial charge in [0.1, 0.15) is 5.56 Å². The fraction of sp³-hybridized carbons (Fsp3) is 0.118. The number of aromatic nitrogens is 1. The van der Waals surface area contributed by atoms with Crippen LogP contribution in [0.5, 0.6) is 5.75 Å². The predicted octanol–water partition coefficient (Wildman–Crippen LogP) is 3.72. The van der Waals surface area contributed by atoms with Crippen molar-refractivity contribution in [2.24, 2.45) is 0 Å². The molecular weight excluding hydrogens is 266 g/mol. The Labute approximate surface area is 122 Å². The van der Waals surface area contributed by atoms with Gasteiger partial charge >= 0.3 is 5.97 Å². The summed E-state index contributed by atoms with van der Waals surface area (Å²) in [6.07, 6.45) is 1.74. The van der Waals surface area contributed by atoms with E-state index in [1.54, 1.807) is 19.2 Å². The van der Waals surface area contributed by atoms with Gasteiger partial charge in [0.25, 0.3) is 0 Å². The molecule has 0 aliphatic carbocycles. The van der Waals surface area contributed by atoms with Crippen molar-refractivity contribution in [3.05, 3.63) is 54.2 Å². The van der Waals surface area contributed by atoms with Crippen molar-refractivity contribution in [1.82, 2.24) is 4.98 Å². The van der Waals surface area contributed by atoms with Gasteiger partial charge in [-0.25, -0.2) is 4.79 Å². The van der Waals surface area contributed by atoms with Crippen LogP contribution in [0.2, 0.25) is 0 Å². The number of benzene rings is 2. The number of aromatic hydroxyl groups is 1. The largest absolute Gasteiger partial charge is 0.505 e. The minimum absolute atomic E-state index is 0.0758. The Bertz CT molecular complexity index is 790. The third kappa shape index (κ3) is 2.25. The van der Waals surface area contributed by atoms with Crippen LogP contribution in [-0.4, -0.2) is 22.7 Å². The van der Waals surface area contributed by atoms with Crippen LogP contribution in [0.15, 0.2) is 48.7 Å². The van der Waals surface area contributed by atoms with Crippen molar-refractivity contribution in [1.29, 1.82) is 0 Å². The second-order valence-corrected chi connectivity index (χ2v) is 4.67. The van der Waals surface area contributed by atoms with E-state index in [2.05, 4.69) is 4.98 Å². The zero-order chi connectivity index (χ0) is 14.8. The third-order valence-electron chi connectivity index (χ3n) is 3.40. The normalized spacial score (nSPS) is 10.7. The average molecular weight is 281 g/mol. The average Bonchev–Trinajstić information content (AvgIpc) is 2.99. The number of carbonyl (C=O) groups excluding carboxylic acids is 1. The van der Waals surface area contributed by atoms with Crippen molar-refractivity contribution in [3.63, 3.8) is 0 Å². The first-order valence-electron chi connectivity index (χ1n) is 6.78. The smallest absolute Gasteiger partial charge is 0.342 e. The number of rotatable bonds is 3. The highest BCUT2D eigenvalue weighted by molar-refractivity contribution is 6.06. The molecule has 3 rings (SSSR count). The van der Waals surface area contributed by atoms with E-state index in [0.717, 1.165) is 16.5 Å². The molecule has 2 N–H and O–H groups in total. The standard InChI is InChI=1S/C17H15NO3/c1-2-21-17(20)14-10-13(11-6-4-3-5-7-11)12-8-9-18-15(12)16(14)19/h3-10,18-19H,2H2,1H3. The highest BCUT2D eigenvalue weighted by Crippen LogP contribution is 2.36. The Balaban J connectivity index is 2.27. The number of phenols is 1. The fourth-order valence-corrected chi connectivity index (χ4v) is 2.44. The van der Waals surface area contributed by atoms with Crippen LogP contribution in [0, 0.1) is 0 Å². The topological polar surface area (TPSA) is 62.3 Å². The van der Waals surface area contributed by atoms with Gasteiger partial charge in [-0.3, -0.25) is 0 Å². The van der Waals surface area contributed by atoms with E-state index >= 15 is 0 Å². The molecule has 106 valence electrons. The molecule has 0 aliphatic rings. The summed E-state index contributed by atoms with van der Waals surface area (Å²) >= 11 is 0. The summed E-state index contributed by atoms with van der Waals surface area (Å²) in [6, 6.07) is 13.3. The Morgan fingerprint density at radius 1 is 1.24 bits per heavy atom. The van der Waals surface area contributed by atoms with E-state index < -0.39 is 5.97 Å². The molecule has 0 unspecified atom stereocenters. The van der Waals surface area contributed by atoms with Crippen LogP contribution >= 0.6 is 0 Å². The number of hydrogen-bond acceptors (Lipinski definition) is 3. The van der Waals surface area contributed by atoms with Crippen molar-refractivity contribution in [2.75, 3.05) is 6.61 Å². The number of fused-ring (bicyclic) bond motifs is 1. The third-order valence-corrected chi connectivity index (χ3v) is 3.40. The van der Waals surface area contributed by atoms with Crippen LogP contribution in [0.4, 0.5) is 0 Å². The van der Waals surface area contributed by atoms with Gasteiger partial charge in [-0.1, -0.05) is 30.3 Å². The molecule has 21 heavy (non-hydrogen) atoms. The highest BCUT2D eigenvalue weighted by atomic mass is 16.5. The Morgan fingerprint density at radius 2 is 2.00 bits per heavy atom. The number of esters is 1. The Kier molecular flexibility index (Phi) is 3.36. The van der Waals surface area contributed by atoms with Crippen molar-refractivity contribution in [3.8, 4) is 16.9 Å². The van der Waals surface area contributed by atoms with Crippen molar-refractivity contribution >= 4 is 16.9 Å². The first-order valence-corrected chi connectivity index (χ1v) is 6.78. The maximum atomic E-state index is 12.0. The van der Waals surface area contributed by atoms with E-state index in [4.69, 9.17) is 4.74 Å². The van der Waals surface area contributed by atoms with Gasteiger partial charge in [-0.2, -0.15) is 0 Å². The summed E-state index contributed by atoms with van der Waals surface area (Å²) in [5, 5.41) is 11.1. The fourth-order valence-electron chi connectivity index (χ4n) is 2.44. The molecule has 2 aromatic carbocycles. The number of phenolic OH excluding ortho intramolecular Hbond substituents is 1. The zero-order valence-electron chi connectivity index (χ0n) is 11.6. The Hall–Kier alpha value is -2.75. The molecule has 1 heterocycles. The molecule has 0 bridgehead atoms. The molecule has 0 aliphatic heterocycles. The lowest BCUT2D eigenvalue weighted by Gasteiger charge is -2.10. The summed E-state index contributed by atoms with van der Waals surface area (Å²) in [4.78, 5) is 15.0. The monoisotopic (exact) mass is 281 g/mol. The maximum absolute atomic E-state index is 12.0. The molecule has 0 fully saturated rings. The van der Waals surface area contributed by atoms with Crippen LogP contribution in [0.25, 0.3) is 22.0 Å². The summed E-state index contributed by atoms with van der Waals surface area (Å²) in [6.45, 7) is 2.00. The molecule has 0 atom stereocenters. The minimum atomic E-state index is -0.524. The lowest BCUT2D eigenvalue weighted by Crippen LogP contribution is -2.05. The molecule has 0 radical (unpaired) electrons. The SMILES string of the molecule is CCOC(=O)c1cc(-c2ccccc2)c2cc[nH]c2c1O. The molecule has 4 nitrogen and oxygen atoms in total. The van der Waals surface area contributed by atoms with Crippen LogP contribution in [0.1, 0.15) is 17.3 Å².